The SMILES string of the molecule is COc1cc(C=O)c([N+](=O)[O-])c(/C=C/C(=O)O)c1. The molecule has 1 aromatic carbocycles. The predicted molar refractivity (Wildman–Crippen MR) is 61.7 cm³/mol. The van der Waals surface area contributed by atoms with E-state index in [0.29, 0.717) is 6.29 Å². The molecule has 0 aliphatic rings. The number of carboxylic acids is 1. The van der Waals surface area contributed by atoms with Crippen LogP contribution in [0.25, 0.3) is 6.08 Å². The van der Waals surface area contributed by atoms with E-state index >= 15 is 0 Å². The third-order valence-electron chi connectivity index (χ3n) is 2.09. The number of nitrogens with zero attached hydrogens (tertiary/aromatic N) is 1. The van der Waals surface area contributed by atoms with E-state index in [1.54, 1.807) is 0 Å². The molecule has 0 spiro atoms. The van der Waals surface area contributed by atoms with Gasteiger partial charge in [-0.2, -0.15) is 0 Å². The van der Waals surface area contributed by atoms with Crippen molar-refractivity contribution in [1.82, 2.24) is 0 Å². The fraction of sp³-hybridized carbons (Fsp3) is 0.0909. The van der Waals surface area contributed by atoms with E-state index in [1.165, 1.54) is 19.2 Å². The van der Waals surface area contributed by atoms with Crippen LogP contribution in [0.4, 0.5) is 5.69 Å². The number of nitro benzene ring substituents is 1. The standard InChI is InChI=1S/C11H9NO6/c1-18-9-4-7(2-3-10(14)15)11(12(16)17)8(5-9)6-13/h2-6H,1H3,(H,14,15)/b3-2+. The van der Waals surface area contributed by atoms with Crippen LogP contribution < -0.4 is 4.74 Å². The molecule has 1 N–H and O–H groups in total. The molecule has 7 heteroatoms. The first-order valence-electron chi connectivity index (χ1n) is 4.72. The predicted octanol–water partition coefficient (Wildman–Crippen LogP) is 1.51. The molecule has 0 aliphatic carbocycles. The Morgan fingerprint density at radius 1 is 1.44 bits per heavy atom. The number of carboxylic acid groups (broad SMARTS) is 1. The Labute approximate surface area is 101 Å². The number of aliphatic carboxylic acids is 1. The summed E-state index contributed by atoms with van der Waals surface area (Å²) in [4.78, 5) is 31.3. The van der Waals surface area contributed by atoms with Crippen LogP contribution in [0.1, 0.15) is 15.9 Å². The van der Waals surface area contributed by atoms with Gasteiger partial charge in [-0.1, -0.05) is 0 Å². The van der Waals surface area contributed by atoms with Crippen LogP contribution >= 0.6 is 0 Å². The molecular weight excluding hydrogens is 242 g/mol. The zero-order chi connectivity index (χ0) is 13.7. The summed E-state index contributed by atoms with van der Waals surface area (Å²) < 4.78 is 4.88. The Bertz CT molecular complexity index is 535. The first-order valence-corrected chi connectivity index (χ1v) is 4.72. The van der Waals surface area contributed by atoms with Gasteiger partial charge in [0.2, 0.25) is 0 Å². The maximum absolute atomic E-state index is 10.9. The molecule has 0 amide bonds. The fourth-order valence-electron chi connectivity index (χ4n) is 1.36. The van der Waals surface area contributed by atoms with Gasteiger partial charge in [0.25, 0.3) is 5.69 Å². The van der Waals surface area contributed by atoms with Crippen LogP contribution in [-0.4, -0.2) is 29.4 Å². The molecule has 0 aliphatic heterocycles. The minimum Gasteiger partial charge on any atom is -0.497 e. The first kappa shape index (κ1) is 13.4. The monoisotopic (exact) mass is 251 g/mol. The van der Waals surface area contributed by atoms with Crippen molar-refractivity contribution in [3.63, 3.8) is 0 Å². The van der Waals surface area contributed by atoms with Crippen molar-refractivity contribution < 1.29 is 24.4 Å². The minimum absolute atomic E-state index is 0.0103. The number of hydrogen-bond donors (Lipinski definition) is 1. The highest BCUT2D eigenvalue weighted by molar-refractivity contribution is 5.90. The van der Waals surface area contributed by atoms with E-state index in [1.807, 2.05) is 0 Å². The topological polar surface area (TPSA) is 107 Å². The lowest BCUT2D eigenvalue weighted by atomic mass is 10.1. The third kappa shape index (κ3) is 2.91. The smallest absolute Gasteiger partial charge is 0.328 e. The lowest BCUT2D eigenvalue weighted by Gasteiger charge is -2.04. The number of carbonyl (C=O) groups is 2. The van der Waals surface area contributed by atoms with Crippen molar-refractivity contribution in [2.75, 3.05) is 7.11 Å². The number of carbonyl (C=O) groups excluding carboxylic acids is 1. The Morgan fingerprint density at radius 3 is 2.50 bits per heavy atom. The summed E-state index contributed by atoms with van der Waals surface area (Å²) in [5.41, 5.74) is -0.642. The first-order chi connectivity index (χ1) is 8.49. The van der Waals surface area contributed by atoms with Crippen molar-refractivity contribution in [3.05, 3.63) is 39.4 Å². The van der Waals surface area contributed by atoms with Crippen LogP contribution in [-0.2, 0) is 4.79 Å². The van der Waals surface area contributed by atoms with Gasteiger partial charge in [0.05, 0.1) is 23.2 Å². The average Bonchev–Trinajstić information content (AvgIpc) is 2.34. The van der Waals surface area contributed by atoms with Gasteiger partial charge in [0, 0.05) is 6.08 Å². The van der Waals surface area contributed by atoms with Crippen molar-refractivity contribution in [3.8, 4) is 5.75 Å². The molecular formula is C11H9NO6. The van der Waals surface area contributed by atoms with E-state index in [9.17, 15) is 19.7 Å². The molecule has 1 rings (SSSR count). The third-order valence-corrected chi connectivity index (χ3v) is 2.09. The van der Waals surface area contributed by atoms with Crippen LogP contribution in [0, 0.1) is 10.1 Å². The van der Waals surface area contributed by atoms with Gasteiger partial charge in [0.1, 0.15) is 5.75 Å². The Morgan fingerprint density at radius 2 is 2.06 bits per heavy atom. The normalized spacial score (nSPS) is 10.3. The molecule has 18 heavy (non-hydrogen) atoms. The lowest BCUT2D eigenvalue weighted by molar-refractivity contribution is -0.385. The van der Waals surface area contributed by atoms with Crippen molar-refractivity contribution in [2.24, 2.45) is 0 Å². The molecule has 0 fully saturated rings. The number of rotatable bonds is 5. The van der Waals surface area contributed by atoms with Gasteiger partial charge >= 0.3 is 5.97 Å². The molecule has 0 unspecified atom stereocenters. The number of benzene rings is 1. The quantitative estimate of drug-likeness (QED) is 0.368. The van der Waals surface area contributed by atoms with Gasteiger partial charge in [-0.05, 0) is 18.2 Å². The molecule has 0 saturated heterocycles. The largest absolute Gasteiger partial charge is 0.497 e. The van der Waals surface area contributed by atoms with Crippen molar-refractivity contribution in [1.29, 1.82) is 0 Å². The van der Waals surface area contributed by atoms with Crippen molar-refractivity contribution in [2.45, 2.75) is 0 Å². The second kappa shape index (κ2) is 5.58. The molecule has 94 valence electrons. The summed E-state index contributed by atoms with van der Waals surface area (Å²) in [6.07, 6.45) is 2.10. The van der Waals surface area contributed by atoms with E-state index < -0.39 is 16.6 Å². The lowest BCUT2D eigenvalue weighted by Crippen LogP contribution is -1.99. The van der Waals surface area contributed by atoms with Gasteiger partial charge in [0.15, 0.2) is 6.29 Å². The molecule has 0 atom stereocenters. The number of hydrogen-bond acceptors (Lipinski definition) is 5. The summed E-state index contributed by atoms with van der Waals surface area (Å²) >= 11 is 0. The Hall–Kier alpha value is -2.70. The minimum atomic E-state index is -1.25. The van der Waals surface area contributed by atoms with Gasteiger partial charge in [-0.25, -0.2) is 4.79 Å². The van der Waals surface area contributed by atoms with E-state index in [4.69, 9.17) is 9.84 Å². The average molecular weight is 251 g/mol. The number of aldehydes is 1. The number of ether oxygens (including phenoxy) is 1. The second-order valence-electron chi connectivity index (χ2n) is 3.20. The summed E-state index contributed by atoms with van der Waals surface area (Å²) in [6, 6.07) is 2.49. The molecule has 0 bridgehead atoms. The van der Waals surface area contributed by atoms with Gasteiger partial charge in [-0.15, -0.1) is 0 Å². The summed E-state index contributed by atoms with van der Waals surface area (Å²) in [6.45, 7) is 0. The molecule has 0 heterocycles. The molecule has 0 radical (unpaired) electrons. The van der Waals surface area contributed by atoms with Crippen LogP contribution in [0.2, 0.25) is 0 Å². The second-order valence-corrected chi connectivity index (χ2v) is 3.20. The van der Waals surface area contributed by atoms with E-state index in [0.717, 1.165) is 12.2 Å². The van der Waals surface area contributed by atoms with Gasteiger partial charge in [-0.3, -0.25) is 14.9 Å². The molecule has 0 saturated carbocycles. The van der Waals surface area contributed by atoms with Gasteiger partial charge < -0.3 is 9.84 Å². The Kier molecular flexibility index (Phi) is 4.14. The maximum Gasteiger partial charge on any atom is 0.328 e. The number of methoxy groups -OCH3 is 1. The zero-order valence-electron chi connectivity index (χ0n) is 9.32. The summed E-state index contributed by atoms with van der Waals surface area (Å²) in [5, 5.41) is 19.4. The maximum atomic E-state index is 10.9. The highest BCUT2D eigenvalue weighted by Gasteiger charge is 2.19. The highest BCUT2D eigenvalue weighted by Crippen LogP contribution is 2.29. The Balaban J connectivity index is 3.48. The van der Waals surface area contributed by atoms with Crippen molar-refractivity contribution >= 4 is 24.0 Å². The summed E-state index contributed by atoms with van der Waals surface area (Å²) in [7, 11) is 1.33. The van der Waals surface area contributed by atoms with E-state index in [-0.39, 0.29) is 16.9 Å². The fourth-order valence-corrected chi connectivity index (χ4v) is 1.36. The zero-order valence-corrected chi connectivity index (χ0v) is 9.32. The molecule has 7 nitrogen and oxygen atoms in total. The number of nitro groups is 1. The van der Waals surface area contributed by atoms with Crippen LogP contribution in [0.5, 0.6) is 5.75 Å². The summed E-state index contributed by atoms with van der Waals surface area (Å²) in [5.74, 6) is -1.02. The van der Waals surface area contributed by atoms with E-state index in [2.05, 4.69) is 0 Å². The van der Waals surface area contributed by atoms with Crippen LogP contribution in [0.3, 0.4) is 0 Å². The molecule has 1 aromatic rings. The molecule has 0 aromatic heterocycles. The highest BCUT2D eigenvalue weighted by atomic mass is 16.6. The van der Waals surface area contributed by atoms with Crippen LogP contribution in [0.15, 0.2) is 18.2 Å².